The highest BCUT2D eigenvalue weighted by atomic mass is 35.5. The van der Waals surface area contributed by atoms with Crippen molar-refractivity contribution in [3.8, 4) is 5.75 Å². The first-order valence-corrected chi connectivity index (χ1v) is 7.46. The number of anilines is 1. The van der Waals surface area contributed by atoms with Crippen molar-refractivity contribution in [3.63, 3.8) is 0 Å². The number of nitrogens with two attached hydrogens (primary N) is 1. The third kappa shape index (κ3) is 5.30. The zero-order valence-corrected chi connectivity index (χ0v) is 13.2. The number of hydrogen-bond acceptors (Lipinski definition) is 3. The van der Waals surface area contributed by atoms with Crippen molar-refractivity contribution < 1.29 is 14.3 Å². The molecule has 0 radical (unpaired) electrons. The number of halogens is 1. The normalized spacial score (nSPS) is 10.1. The van der Waals surface area contributed by atoms with E-state index < -0.39 is 5.91 Å². The smallest absolute Gasteiger partial charge is 0.264 e. The lowest BCUT2D eigenvalue weighted by molar-refractivity contribution is -0.120. The van der Waals surface area contributed by atoms with Crippen LogP contribution in [0.5, 0.6) is 5.75 Å². The molecule has 5 nitrogen and oxygen atoms in total. The van der Waals surface area contributed by atoms with Gasteiger partial charge in [-0.25, -0.2) is 0 Å². The molecule has 2 N–H and O–H groups in total. The molecule has 0 bridgehead atoms. The summed E-state index contributed by atoms with van der Waals surface area (Å²) in [5.41, 5.74) is 5.87. The van der Waals surface area contributed by atoms with E-state index in [-0.39, 0.29) is 25.5 Å². The second kappa shape index (κ2) is 8.19. The first-order valence-electron chi connectivity index (χ1n) is 7.08. The van der Waals surface area contributed by atoms with Crippen LogP contribution in [0.15, 0.2) is 54.6 Å². The first kappa shape index (κ1) is 16.8. The number of carbonyl (C=O) groups excluding carboxylic acids is 2. The Balaban J connectivity index is 2.03. The molecule has 0 atom stereocenters. The minimum atomic E-state index is -0.461. The van der Waals surface area contributed by atoms with Crippen molar-refractivity contribution in [2.75, 3.05) is 18.1 Å². The molecule has 0 unspecified atom stereocenters. The average molecular weight is 333 g/mol. The molecule has 0 aliphatic carbocycles. The van der Waals surface area contributed by atoms with Crippen molar-refractivity contribution >= 4 is 29.1 Å². The summed E-state index contributed by atoms with van der Waals surface area (Å²) < 4.78 is 5.47. The van der Waals surface area contributed by atoms with Gasteiger partial charge in [0, 0.05) is 23.7 Å². The van der Waals surface area contributed by atoms with Crippen LogP contribution in [0.3, 0.4) is 0 Å². The molecular formula is C17H17ClN2O3. The predicted octanol–water partition coefficient (Wildman–Crippen LogP) is 2.63. The maximum Gasteiger partial charge on any atom is 0.264 e. The Kier molecular flexibility index (Phi) is 6.00. The quantitative estimate of drug-likeness (QED) is 0.847. The van der Waals surface area contributed by atoms with Gasteiger partial charge in [0.25, 0.3) is 5.91 Å². The molecule has 2 rings (SSSR count). The van der Waals surface area contributed by atoms with E-state index in [0.717, 1.165) is 0 Å². The number of benzene rings is 2. The third-order valence-electron chi connectivity index (χ3n) is 3.13. The fraction of sp³-hybridized carbons (Fsp3) is 0.176. The zero-order valence-electron chi connectivity index (χ0n) is 12.4. The molecule has 0 heterocycles. The zero-order chi connectivity index (χ0) is 16.7. The van der Waals surface area contributed by atoms with Crippen LogP contribution in [0, 0.1) is 0 Å². The lowest BCUT2D eigenvalue weighted by Crippen LogP contribution is -2.37. The fourth-order valence-corrected chi connectivity index (χ4v) is 2.11. The summed E-state index contributed by atoms with van der Waals surface area (Å²) in [6, 6.07) is 15.8. The van der Waals surface area contributed by atoms with E-state index >= 15 is 0 Å². The maximum absolute atomic E-state index is 12.4. The summed E-state index contributed by atoms with van der Waals surface area (Å²) in [6.07, 6.45) is 0.0849. The summed E-state index contributed by atoms with van der Waals surface area (Å²) >= 11 is 5.80. The minimum absolute atomic E-state index is 0.0849. The number of amides is 2. The summed E-state index contributed by atoms with van der Waals surface area (Å²) in [7, 11) is 0. The van der Waals surface area contributed by atoms with Crippen LogP contribution >= 0.6 is 11.6 Å². The van der Waals surface area contributed by atoms with Gasteiger partial charge in [-0.2, -0.15) is 0 Å². The molecule has 2 amide bonds. The van der Waals surface area contributed by atoms with Crippen molar-refractivity contribution in [2.24, 2.45) is 5.73 Å². The van der Waals surface area contributed by atoms with E-state index in [2.05, 4.69) is 0 Å². The Morgan fingerprint density at radius 3 is 2.30 bits per heavy atom. The molecule has 6 heteroatoms. The van der Waals surface area contributed by atoms with Gasteiger partial charge in [0.2, 0.25) is 5.91 Å². The first-order chi connectivity index (χ1) is 11.1. The van der Waals surface area contributed by atoms with Crippen molar-refractivity contribution in [1.29, 1.82) is 0 Å². The second-order valence-electron chi connectivity index (χ2n) is 4.84. The lowest BCUT2D eigenvalue weighted by atomic mass is 10.2. The number of primary amides is 1. The van der Waals surface area contributed by atoms with Gasteiger partial charge in [-0.15, -0.1) is 0 Å². The van der Waals surface area contributed by atoms with Gasteiger partial charge >= 0.3 is 0 Å². The van der Waals surface area contributed by atoms with Gasteiger partial charge in [-0.1, -0.05) is 29.8 Å². The molecule has 23 heavy (non-hydrogen) atoms. The minimum Gasteiger partial charge on any atom is -0.484 e. The van der Waals surface area contributed by atoms with E-state index in [1.807, 2.05) is 18.2 Å². The van der Waals surface area contributed by atoms with Gasteiger partial charge in [0.05, 0.1) is 0 Å². The SMILES string of the molecule is NC(=O)CCN(C(=O)COc1ccc(Cl)cc1)c1ccccc1. The van der Waals surface area contributed by atoms with Crippen molar-refractivity contribution in [1.82, 2.24) is 0 Å². The van der Waals surface area contributed by atoms with Crippen molar-refractivity contribution in [3.05, 3.63) is 59.6 Å². The average Bonchev–Trinajstić information content (AvgIpc) is 2.55. The highest BCUT2D eigenvalue weighted by Gasteiger charge is 2.17. The van der Waals surface area contributed by atoms with Gasteiger partial charge < -0.3 is 15.4 Å². The molecule has 0 saturated heterocycles. The number of nitrogens with zero attached hydrogens (tertiary/aromatic N) is 1. The number of rotatable bonds is 7. The summed E-state index contributed by atoms with van der Waals surface area (Å²) in [4.78, 5) is 24.9. The predicted molar refractivity (Wildman–Crippen MR) is 89.6 cm³/mol. The van der Waals surface area contributed by atoms with Crippen LogP contribution in [0.2, 0.25) is 5.02 Å². The maximum atomic E-state index is 12.4. The van der Waals surface area contributed by atoms with Crippen LogP contribution in [0.4, 0.5) is 5.69 Å². The number of hydrogen-bond donors (Lipinski definition) is 1. The second-order valence-corrected chi connectivity index (χ2v) is 5.28. The Labute approximate surface area is 139 Å². The highest BCUT2D eigenvalue weighted by molar-refractivity contribution is 6.30. The Morgan fingerprint density at radius 2 is 1.70 bits per heavy atom. The topological polar surface area (TPSA) is 72.6 Å². The van der Waals surface area contributed by atoms with Gasteiger partial charge in [-0.05, 0) is 36.4 Å². The molecule has 0 aliphatic rings. The monoisotopic (exact) mass is 332 g/mol. The Morgan fingerprint density at radius 1 is 1.04 bits per heavy atom. The molecule has 2 aromatic rings. The molecule has 0 spiro atoms. The number of ether oxygens (including phenoxy) is 1. The van der Waals surface area contributed by atoms with Crippen LogP contribution < -0.4 is 15.4 Å². The van der Waals surface area contributed by atoms with Gasteiger partial charge in [0.1, 0.15) is 5.75 Å². The summed E-state index contributed by atoms with van der Waals surface area (Å²) in [5, 5.41) is 0.594. The van der Waals surface area contributed by atoms with E-state index in [4.69, 9.17) is 22.1 Å². The largest absolute Gasteiger partial charge is 0.484 e. The molecular weight excluding hydrogens is 316 g/mol. The van der Waals surface area contributed by atoms with E-state index in [0.29, 0.717) is 16.5 Å². The standard InChI is InChI=1S/C17H17ClN2O3/c18-13-6-8-15(9-7-13)23-12-17(22)20(11-10-16(19)21)14-4-2-1-3-5-14/h1-9H,10-12H2,(H2,19,21). The molecule has 0 fully saturated rings. The van der Waals surface area contributed by atoms with Crippen molar-refractivity contribution in [2.45, 2.75) is 6.42 Å². The lowest BCUT2D eigenvalue weighted by Gasteiger charge is -2.22. The molecule has 0 aliphatic heterocycles. The van der Waals surface area contributed by atoms with Crippen LogP contribution in [-0.2, 0) is 9.59 Å². The molecule has 2 aromatic carbocycles. The number of para-hydroxylation sites is 1. The fourth-order valence-electron chi connectivity index (χ4n) is 1.98. The van der Waals surface area contributed by atoms with Crippen LogP contribution in [-0.4, -0.2) is 25.0 Å². The summed E-state index contributed by atoms with van der Waals surface area (Å²) in [6.45, 7) is 0.0669. The Hall–Kier alpha value is -2.53. The number of carbonyl (C=O) groups is 2. The molecule has 0 aromatic heterocycles. The highest BCUT2D eigenvalue weighted by Crippen LogP contribution is 2.17. The van der Waals surface area contributed by atoms with E-state index in [1.165, 1.54) is 4.90 Å². The van der Waals surface area contributed by atoms with Gasteiger partial charge in [0.15, 0.2) is 6.61 Å². The van der Waals surface area contributed by atoms with E-state index in [9.17, 15) is 9.59 Å². The summed E-state index contributed by atoms with van der Waals surface area (Å²) in [5.74, 6) is -0.171. The third-order valence-corrected chi connectivity index (χ3v) is 3.38. The van der Waals surface area contributed by atoms with Crippen LogP contribution in [0.1, 0.15) is 6.42 Å². The van der Waals surface area contributed by atoms with E-state index in [1.54, 1.807) is 36.4 Å². The van der Waals surface area contributed by atoms with Gasteiger partial charge in [-0.3, -0.25) is 9.59 Å². The molecule has 120 valence electrons. The van der Waals surface area contributed by atoms with Crippen LogP contribution in [0.25, 0.3) is 0 Å². The Bertz CT molecular complexity index is 659. The molecule has 0 saturated carbocycles.